The van der Waals surface area contributed by atoms with E-state index in [1.807, 2.05) is 29.1 Å². The summed E-state index contributed by atoms with van der Waals surface area (Å²) in [6.45, 7) is 2.83. The summed E-state index contributed by atoms with van der Waals surface area (Å²) in [7, 11) is 2.11. The van der Waals surface area contributed by atoms with Crippen molar-refractivity contribution >= 4 is 5.69 Å². The molecular weight excluding hydrogens is 212 g/mol. The van der Waals surface area contributed by atoms with Gasteiger partial charge >= 0.3 is 0 Å². The number of benzene rings is 1. The normalized spacial score (nSPS) is 10.9. The Hall–Kier alpha value is -1.81. The maximum atomic E-state index is 5.66. The number of hydrogen-bond acceptors (Lipinski definition) is 3. The van der Waals surface area contributed by atoms with Crippen molar-refractivity contribution in [3.05, 3.63) is 48.3 Å². The maximum Gasteiger partial charge on any atom is 0.0536 e. The zero-order valence-corrected chi connectivity index (χ0v) is 10.1. The van der Waals surface area contributed by atoms with Gasteiger partial charge in [0.2, 0.25) is 0 Å². The van der Waals surface area contributed by atoms with Gasteiger partial charge in [0.15, 0.2) is 0 Å². The van der Waals surface area contributed by atoms with Crippen molar-refractivity contribution in [2.45, 2.75) is 13.1 Å². The van der Waals surface area contributed by atoms with Crippen molar-refractivity contribution < 1.29 is 0 Å². The van der Waals surface area contributed by atoms with Crippen LogP contribution in [0, 0.1) is 0 Å². The van der Waals surface area contributed by atoms with Gasteiger partial charge in [-0.3, -0.25) is 4.68 Å². The van der Waals surface area contributed by atoms with Crippen LogP contribution < -0.4 is 5.73 Å². The molecule has 4 heteroatoms. The Morgan fingerprint density at radius 1 is 1.29 bits per heavy atom. The van der Waals surface area contributed by atoms with Crippen molar-refractivity contribution in [2.24, 2.45) is 0 Å². The first-order valence-corrected chi connectivity index (χ1v) is 5.74. The monoisotopic (exact) mass is 230 g/mol. The van der Waals surface area contributed by atoms with Crippen LogP contribution in [0.4, 0.5) is 5.69 Å². The summed E-state index contributed by atoms with van der Waals surface area (Å²) >= 11 is 0. The lowest BCUT2D eigenvalue weighted by molar-refractivity contribution is 0.305. The highest BCUT2D eigenvalue weighted by atomic mass is 15.3. The Morgan fingerprint density at radius 2 is 2.06 bits per heavy atom. The number of hydrogen-bond donors (Lipinski definition) is 1. The minimum Gasteiger partial charge on any atom is -0.399 e. The Balaban J connectivity index is 1.80. The van der Waals surface area contributed by atoms with Crippen LogP contribution in [0.3, 0.4) is 0 Å². The molecule has 0 aliphatic carbocycles. The highest BCUT2D eigenvalue weighted by Crippen LogP contribution is 2.07. The fourth-order valence-corrected chi connectivity index (χ4v) is 1.72. The Labute approximate surface area is 102 Å². The third kappa shape index (κ3) is 3.60. The van der Waals surface area contributed by atoms with Gasteiger partial charge in [-0.2, -0.15) is 5.10 Å². The number of anilines is 1. The summed E-state index contributed by atoms with van der Waals surface area (Å²) < 4.78 is 1.94. The lowest BCUT2D eigenvalue weighted by Gasteiger charge is -2.16. The predicted octanol–water partition coefficient (Wildman–Crippen LogP) is 1.60. The SMILES string of the molecule is CN(CCn1cccn1)Cc1ccc(N)cc1. The predicted molar refractivity (Wildman–Crippen MR) is 69.4 cm³/mol. The van der Waals surface area contributed by atoms with Crippen molar-refractivity contribution in [2.75, 3.05) is 19.3 Å². The van der Waals surface area contributed by atoms with E-state index in [1.165, 1.54) is 5.56 Å². The summed E-state index contributed by atoms with van der Waals surface area (Å²) in [5, 5.41) is 4.18. The van der Waals surface area contributed by atoms with Crippen molar-refractivity contribution in [1.29, 1.82) is 0 Å². The molecular formula is C13H18N4. The number of nitrogens with two attached hydrogens (primary N) is 1. The van der Waals surface area contributed by atoms with E-state index in [2.05, 4.69) is 29.2 Å². The summed E-state index contributed by atoms with van der Waals surface area (Å²) in [5.74, 6) is 0. The highest BCUT2D eigenvalue weighted by molar-refractivity contribution is 5.39. The number of likely N-dealkylation sites (N-methyl/N-ethyl adjacent to an activating group) is 1. The summed E-state index contributed by atoms with van der Waals surface area (Å²) in [5.41, 5.74) is 7.75. The van der Waals surface area contributed by atoms with E-state index in [1.54, 1.807) is 6.20 Å². The topological polar surface area (TPSA) is 47.1 Å². The van der Waals surface area contributed by atoms with Crippen molar-refractivity contribution in [3.8, 4) is 0 Å². The zero-order valence-electron chi connectivity index (χ0n) is 10.1. The number of nitrogens with zero attached hydrogens (tertiary/aromatic N) is 3. The Kier molecular flexibility index (Phi) is 3.77. The van der Waals surface area contributed by atoms with Crippen LogP contribution in [0.25, 0.3) is 0 Å². The van der Waals surface area contributed by atoms with Gasteiger partial charge in [0, 0.05) is 31.2 Å². The molecule has 0 spiro atoms. The van der Waals surface area contributed by atoms with Crippen LogP contribution in [0.1, 0.15) is 5.56 Å². The quantitative estimate of drug-likeness (QED) is 0.794. The fraction of sp³-hybridized carbons (Fsp3) is 0.308. The molecule has 4 nitrogen and oxygen atoms in total. The molecule has 0 bridgehead atoms. The van der Waals surface area contributed by atoms with Gasteiger partial charge < -0.3 is 10.6 Å². The van der Waals surface area contributed by atoms with E-state index < -0.39 is 0 Å². The van der Waals surface area contributed by atoms with Gasteiger partial charge in [0.25, 0.3) is 0 Å². The average Bonchev–Trinajstić information content (AvgIpc) is 2.83. The van der Waals surface area contributed by atoms with Crippen LogP contribution in [0.2, 0.25) is 0 Å². The molecule has 0 saturated carbocycles. The van der Waals surface area contributed by atoms with Gasteiger partial charge in [0.1, 0.15) is 0 Å². The first-order chi connectivity index (χ1) is 8.24. The number of rotatable bonds is 5. The Morgan fingerprint density at radius 3 is 2.71 bits per heavy atom. The van der Waals surface area contributed by atoms with E-state index >= 15 is 0 Å². The molecule has 0 amide bonds. The highest BCUT2D eigenvalue weighted by Gasteiger charge is 2.00. The van der Waals surface area contributed by atoms with Gasteiger partial charge in [-0.1, -0.05) is 12.1 Å². The van der Waals surface area contributed by atoms with Crippen LogP contribution in [0.5, 0.6) is 0 Å². The molecule has 0 aliphatic heterocycles. The van der Waals surface area contributed by atoms with Crippen LogP contribution in [0.15, 0.2) is 42.7 Å². The summed E-state index contributed by atoms with van der Waals surface area (Å²) in [6, 6.07) is 9.97. The first kappa shape index (κ1) is 11.7. The van der Waals surface area contributed by atoms with Crippen molar-refractivity contribution in [1.82, 2.24) is 14.7 Å². The molecule has 0 saturated heterocycles. The minimum absolute atomic E-state index is 0.813. The molecule has 1 aromatic heterocycles. The first-order valence-electron chi connectivity index (χ1n) is 5.74. The summed E-state index contributed by atoms with van der Waals surface area (Å²) in [4.78, 5) is 2.27. The van der Waals surface area contributed by atoms with Gasteiger partial charge in [-0.25, -0.2) is 0 Å². The second-order valence-corrected chi connectivity index (χ2v) is 4.25. The lowest BCUT2D eigenvalue weighted by Crippen LogP contribution is -2.23. The van der Waals surface area contributed by atoms with Crippen LogP contribution in [-0.2, 0) is 13.1 Å². The standard InChI is InChI=1S/C13H18N4/c1-16(9-10-17-8-2-7-15-17)11-12-3-5-13(14)6-4-12/h2-8H,9-11,14H2,1H3. The molecule has 0 radical (unpaired) electrons. The van der Waals surface area contributed by atoms with E-state index in [9.17, 15) is 0 Å². The molecule has 90 valence electrons. The largest absolute Gasteiger partial charge is 0.399 e. The van der Waals surface area contributed by atoms with E-state index in [4.69, 9.17) is 5.73 Å². The van der Waals surface area contributed by atoms with Crippen LogP contribution in [-0.4, -0.2) is 28.3 Å². The fourth-order valence-electron chi connectivity index (χ4n) is 1.72. The van der Waals surface area contributed by atoms with E-state index in [0.717, 1.165) is 25.3 Å². The zero-order chi connectivity index (χ0) is 12.1. The third-order valence-corrected chi connectivity index (χ3v) is 2.70. The summed E-state index contributed by atoms with van der Waals surface area (Å²) in [6.07, 6.45) is 3.79. The van der Waals surface area contributed by atoms with Crippen molar-refractivity contribution in [3.63, 3.8) is 0 Å². The molecule has 1 heterocycles. The number of nitrogen functional groups attached to an aromatic ring is 1. The molecule has 0 unspecified atom stereocenters. The molecule has 2 aromatic rings. The second kappa shape index (κ2) is 5.50. The third-order valence-electron chi connectivity index (χ3n) is 2.70. The van der Waals surface area contributed by atoms with E-state index in [0.29, 0.717) is 0 Å². The maximum absolute atomic E-state index is 5.66. The van der Waals surface area contributed by atoms with Gasteiger partial charge in [-0.15, -0.1) is 0 Å². The molecule has 2 rings (SSSR count). The van der Waals surface area contributed by atoms with Gasteiger partial charge in [0.05, 0.1) is 6.54 Å². The molecule has 1 aromatic carbocycles. The van der Waals surface area contributed by atoms with Gasteiger partial charge in [-0.05, 0) is 30.8 Å². The van der Waals surface area contributed by atoms with Crippen LogP contribution >= 0.6 is 0 Å². The minimum atomic E-state index is 0.813. The Bertz CT molecular complexity index is 433. The molecule has 0 fully saturated rings. The van der Waals surface area contributed by atoms with E-state index in [-0.39, 0.29) is 0 Å². The lowest BCUT2D eigenvalue weighted by atomic mass is 10.2. The number of aromatic nitrogens is 2. The molecule has 0 atom stereocenters. The smallest absolute Gasteiger partial charge is 0.0536 e. The molecule has 17 heavy (non-hydrogen) atoms. The molecule has 2 N–H and O–H groups in total. The average molecular weight is 230 g/mol. The second-order valence-electron chi connectivity index (χ2n) is 4.25. The molecule has 0 aliphatic rings.